The fourth-order valence-electron chi connectivity index (χ4n) is 4.06. The molecule has 2 atom stereocenters. The fraction of sp³-hybridized carbons (Fsp3) is 0.421. The monoisotopic (exact) mass is 399 g/mol. The molecule has 1 amide bonds. The van der Waals surface area contributed by atoms with Crippen molar-refractivity contribution in [2.24, 2.45) is 11.7 Å². The third-order valence-corrected chi connectivity index (χ3v) is 7.34. The molecule has 0 bridgehead atoms. The average molecular weight is 399 g/mol. The Labute approximate surface area is 163 Å². The first-order chi connectivity index (χ1) is 13.4. The molecule has 1 aromatic heterocycles. The lowest BCUT2D eigenvalue weighted by Gasteiger charge is -2.26. The van der Waals surface area contributed by atoms with Gasteiger partial charge in [-0.1, -0.05) is 12.8 Å². The Morgan fingerprint density at radius 3 is 2.86 bits per heavy atom. The van der Waals surface area contributed by atoms with E-state index in [4.69, 9.17) is 5.73 Å². The lowest BCUT2D eigenvalue weighted by atomic mass is 9.85. The van der Waals surface area contributed by atoms with Crippen LogP contribution in [0.1, 0.15) is 47.6 Å². The number of nitriles is 1. The van der Waals surface area contributed by atoms with E-state index in [-0.39, 0.29) is 23.3 Å². The Balaban J connectivity index is 1.66. The second kappa shape index (κ2) is 6.95. The van der Waals surface area contributed by atoms with Gasteiger partial charge in [0.1, 0.15) is 5.56 Å². The van der Waals surface area contributed by atoms with E-state index in [9.17, 15) is 18.5 Å². The van der Waals surface area contributed by atoms with Crippen LogP contribution < -0.4 is 11.1 Å². The second-order valence-electron chi connectivity index (χ2n) is 7.34. The molecule has 0 radical (unpaired) electrons. The molecule has 9 heteroatoms. The van der Waals surface area contributed by atoms with Crippen molar-refractivity contribution in [2.45, 2.75) is 43.0 Å². The number of primary amides is 1. The van der Waals surface area contributed by atoms with Crippen LogP contribution in [-0.4, -0.2) is 29.9 Å². The normalized spacial score (nSPS) is 23.0. The predicted molar refractivity (Wildman–Crippen MR) is 103 cm³/mol. The largest absolute Gasteiger partial charge is 0.365 e. The maximum absolute atomic E-state index is 12.0. The molecular formula is C19H21N5O3S. The first-order valence-corrected chi connectivity index (χ1v) is 11.0. The summed E-state index contributed by atoms with van der Waals surface area (Å²) < 4.78 is 25.6. The van der Waals surface area contributed by atoms with E-state index in [0.717, 1.165) is 31.2 Å². The lowest BCUT2D eigenvalue weighted by molar-refractivity contribution is 0.100. The van der Waals surface area contributed by atoms with Gasteiger partial charge in [-0.05, 0) is 43.0 Å². The van der Waals surface area contributed by atoms with Crippen LogP contribution in [-0.2, 0) is 16.3 Å². The fourth-order valence-corrected chi connectivity index (χ4v) is 5.60. The zero-order chi connectivity index (χ0) is 19.9. The highest BCUT2D eigenvalue weighted by Crippen LogP contribution is 2.35. The van der Waals surface area contributed by atoms with Gasteiger partial charge in [0.05, 0.1) is 28.7 Å². The van der Waals surface area contributed by atoms with Crippen molar-refractivity contribution >= 4 is 27.2 Å². The molecule has 0 spiro atoms. The number of benzene rings is 1. The summed E-state index contributed by atoms with van der Waals surface area (Å²) in [6, 6.07) is 7.26. The van der Waals surface area contributed by atoms with Crippen molar-refractivity contribution in [3.63, 3.8) is 0 Å². The van der Waals surface area contributed by atoms with Crippen LogP contribution in [0.15, 0.2) is 29.3 Å². The third-order valence-electron chi connectivity index (χ3n) is 5.53. The summed E-state index contributed by atoms with van der Waals surface area (Å²) in [5.41, 5.74) is 7.17. The van der Waals surface area contributed by atoms with Gasteiger partial charge < -0.3 is 11.1 Å². The number of fused-ring (bicyclic) bond motifs is 1. The molecule has 1 aromatic carbocycles. The predicted octanol–water partition coefficient (Wildman–Crippen LogP) is 2.31. The summed E-state index contributed by atoms with van der Waals surface area (Å²) in [5, 5.41) is 17.0. The quantitative estimate of drug-likeness (QED) is 0.811. The van der Waals surface area contributed by atoms with E-state index in [1.807, 2.05) is 0 Å². The number of hydrogen-bond acceptors (Lipinski definition) is 6. The van der Waals surface area contributed by atoms with Gasteiger partial charge in [-0.25, -0.2) is 8.42 Å². The number of aromatic nitrogens is 2. The highest BCUT2D eigenvalue weighted by atomic mass is 32.2. The number of nitrogens with two attached hydrogens (primary N) is 1. The summed E-state index contributed by atoms with van der Waals surface area (Å²) >= 11 is 0. The van der Waals surface area contributed by atoms with Crippen molar-refractivity contribution in [3.05, 3.63) is 35.5 Å². The van der Waals surface area contributed by atoms with Crippen LogP contribution in [0, 0.1) is 17.2 Å². The van der Waals surface area contributed by atoms with E-state index in [2.05, 4.69) is 16.5 Å². The van der Waals surface area contributed by atoms with Gasteiger partial charge in [0.2, 0.25) is 0 Å². The topological polar surface area (TPSA) is 131 Å². The van der Waals surface area contributed by atoms with Gasteiger partial charge in [0, 0.05) is 11.9 Å². The van der Waals surface area contributed by atoms with E-state index < -0.39 is 15.7 Å². The molecule has 2 aliphatic rings. The number of carbonyl (C=O) groups is 1. The molecule has 2 aromatic rings. The Kier molecular flexibility index (Phi) is 4.59. The second-order valence-corrected chi connectivity index (χ2v) is 9.42. The van der Waals surface area contributed by atoms with Crippen LogP contribution in [0.5, 0.6) is 0 Å². The van der Waals surface area contributed by atoms with Crippen LogP contribution in [0.25, 0.3) is 0 Å². The van der Waals surface area contributed by atoms with Gasteiger partial charge in [0.25, 0.3) is 5.91 Å². The molecule has 1 aliphatic heterocycles. The maximum atomic E-state index is 12.0. The Hall–Kier alpha value is -2.86. The van der Waals surface area contributed by atoms with E-state index in [1.165, 1.54) is 0 Å². The summed E-state index contributed by atoms with van der Waals surface area (Å²) in [6.07, 6.45) is 5.74. The minimum atomic E-state index is -3.19. The van der Waals surface area contributed by atoms with Crippen LogP contribution in [0.4, 0.5) is 11.5 Å². The number of amides is 1. The number of carbonyl (C=O) groups excluding carboxylic acids is 1. The van der Waals surface area contributed by atoms with Crippen molar-refractivity contribution in [1.82, 2.24) is 9.78 Å². The summed E-state index contributed by atoms with van der Waals surface area (Å²) in [5.74, 6) is -0.325. The van der Waals surface area contributed by atoms with E-state index in [0.29, 0.717) is 22.8 Å². The number of anilines is 2. The smallest absolute Gasteiger partial charge is 0.254 e. The third kappa shape index (κ3) is 3.24. The van der Waals surface area contributed by atoms with Gasteiger partial charge in [0.15, 0.2) is 15.7 Å². The number of nitrogens with zero attached hydrogens (tertiary/aromatic N) is 3. The molecule has 3 N–H and O–H groups in total. The van der Waals surface area contributed by atoms with Crippen molar-refractivity contribution < 1.29 is 13.2 Å². The maximum Gasteiger partial charge on any atom is 0.254 e. The molecule has 0 saturated heterocycles. The van der Waals surface area contributed by atoms with Crippen molar-refractivity contribution in [3.8, 4) is 6.07 Å². The Morgan fingerprint density at radius 1 is 1.32 bits per heavy atom. The molecule has 1 saturated carbocycles. The molecule has 1 aliphatic carbocycles. The molecule has 4 rings (SSSR count). The molecule has 2 heterocycles. The number of hydrogen-bond donors (Lipinski definition) is 2. The average Bonchev–Trinajstić information content (AvgIpc) is 3.23. The van der Waals surface area contributed by atoms with Gasteiger partial charge in [-0.15, -0.1) is 0 Å². The van der Waals surface area contributed by atoms with Gasteiger partial charge >= 0.3 is 0 Å². The molecule has 28 heavy (non-hydrogen) atoms. The molecule has 1 fully saturated rings. The summed E-state index contributed by atoms with van der Waals surface area (Å²) in [4.78, 5) is 12.3. The SMILES string of the molecule is N#C[C@H]1CCCCC1n1cc(C(N)=O)c(Nc2ccc3c(c2)CCS3(=O)=O)n1. The first kappa shape index (κ1) is 18.5. The Bertz CT molecular complexity index is 1080. The number of sulfone groups is 1. The summed E-state index contributed by atoms with van der Waals surface area (Å²) in [7, 11) is -3.19. The van der Waals surface area contributed by atoms with Crippen LogP contribution in [0.3, 0.4) is 0 Å². The zero-order valence-corrected chi connectivity index (χ0v) is 16.1. The van der Waals surface area contributed by atoms with Crippen LogP contribution in [0.2, 0.25) is 0 Å². The van der Waals surface area contributed by atoms with Gasteiger partial charge in [-0.3, -0.25) is 9.48 Å². The lowest BCUT2D eigenvalue weighted by Crippen LogP contribution is -2.22. The van der Waals surface area contributed by atoms with E-state index >= 15 is 0 Å². The molecule has 8 nitrogen and oxygen atoms in total. The molecule has 146 valence electrons. The standard InChI is InChI=1S/C19H21N5O3S/c20-10-13-3-1-2-4-16(13)24-11-15(18(21)25)19(23-24)22-14-5-6-17-12(9-14)7-8-28(17,26)27/h5-6,9,11,13,16H,1-4,7-8H2,(H2,21,25)(H,22,23)/t13-,16?/m1/s1. The van der Waals surface area contributed by atoms with Crippen molar-refractivity contribution in [1.29, 1.82) is 5.26 Å². The zero-order valence-electron chi connectivity index (χ0n) is 15.3. The number of nitrogens with one attached hydrogen (secondary N) is 1. The Morgan fingerprint density at radius 2 is 2.11 bits per heavy atom. The molecule has 1 unspecified atom stereocenters. The first-order valence-electron chi connectivity index (χ1n) is 9.30. The van der Waals surface area contributed by atoms with Crippen molar-refractivity contribution in [2.75, 3.05) is 11.1 Å². The minimum Gasteiger partial charge on any atom is -0.365 e. The number of rotatable bonds is 4. The number of aryl methyl sites for hydroxylation is 1. The highest BCUT2D eigenvalue weighted by molar-refractivity contribution is 7.91. The van der Waals surface area contributed by atoms with Crippen LogP contribution >= 0.6 is 0 Å². The minimum absolute atomic E-state index is 0.0856. The van der Waals surface area contributed by atoms with Gasteiger partial charge in [-0.2, -0.15) is 10.4 Å². The summed E-state index contributed by atoms with van der Waals surface area (Å²) in [6.45, 7) is 0. The highest BCUT2D eigenvalue weighted by Gasteiger charge is 2.29. The molecular weight excluding hydrogens is 378 g/mol. The van der Waals surface area contributed by atoms with E-state index in [1.54, 1.807) is 29.1 Å².